The van der Waals surface area contributed by atoms with Crippen LogP contribution >= 0.6 is 0 Å². The Morgan fingerprint density at radius 2 is 1.52 bits per heavy atom. The zero-order valence-corrected chi connectivity index (χ0v) is 15.5. The van der Waals surface area contributed by atoms with Gasteiger partial charge in [-0.05, 0) is 30.0 Å². The van der Waals surface area contributed by atoms with Crippen LogP contribution in [0.1, 0.15) is 28.3 Å². The van der Waals surface area contributed by atoms with Crippen LogP contribution in [0.15, 0.2) is 54.6 Å². The Kier molecular flexibility index (Phi) is 4.84. The van der Waals surface area contributed by atoms with Gasteiger partial charge in [0.25, 0.3) is 5.91 Å². The van der Waals surface area contributed by atoms with E-state index in [0.29, 0.717) is 43.4 Å². The molecular weight excluding hydrogens is 340 g/mol. The summed E-state index contributed by atoms with van der Waals surface area (Å²) >= 11 is 0. The van der Waals surface area contributed by atoms with Crippen LogP contribution in [0.5, 0.6) is 5.75 Å². The molecule has 5 nitrogen and oxygen atoms in total. The molecule has 0 bridgehead atoms. The van der Waals surface area contributed by atoms with Crippen molar-refractivity contribution in [3.63, 3.8) is 0 Å². The molecule has 2 unspecified atom stereocenters. The van der Waals surface area contributed by atoms with Crippen molar-refractivity contribution in [2.45, 2.75) is 12.3 Å². The summed E-state index contributed by atoms with van der Waals surface area (Å²) < 4.78 is 5.30. The van der Waals surface area contributed by atoms with Crippen molar-refractivity contribution in [3.8, 4) is 5.75 Å². The molecule has 1 aliphatic heterocycles. The maximum absolute atomic E-state index is 12.8. The lowest BCUT2D eigenvalue weighted by atomic mass is 10.1. The standard InChI is InChI=1S/C22H24N2O3/c1-27-20-10-6-5-9-17(20)21(25)23-11-13-24(14-12-23)22(26)19-15-18(19)16-7-3-2-4-8-16/h2-10,18-19H,11-15H2,1H3. The SMILES string of the molecule is COc1ccccc1C(=O)N1CCN(C(=O)C2CC2c2ccccc2)CC1. The number of ether oxygens (including phenoxy) is 1. The Bertz CT molecular complexity index is 828. The first-order chi connectivity index (χ1) is 13.2. The lowest BCUT2D eigenvalue weighted by molar-refractivity contribution is -0.134. The lowest BCUT2D eigenvalue weighted by Gasteiger charge is -2.35. The van der Waals surface area contributed by atoms with Crippen molar-refractivity contribution in [3.05, 3.63) is 65.7 Å². The first-order valence-corrected chi connectivity index (χ1v) is 9.45. The molecular formula is C22H24N2O3. The van der Waals surface area contributed by atoms with E-state index in [1.165, 1.54) is 5.56 Å². The number of methoxy groups -OCH3 is 1. The molecule has 2 amide bonds. The van der Waals surface area contributed by atoms with E-state index in [4.69, 9.17) is 4.74 Å². The molecule has 27 heavy (non-hydrogen) atoms. The number of carbonyl (C=O) groups is 2. The minimum Gasteiger partial charge on any atom is -0.496 e. The van der Waals surface area contributed by atoms with E-state index < -0.39 is 0 Å². The van der Waals surface area contributed by atoms with E-state index in [9.17, 15) is 9.59 Å². The molecule has 140 valence electrons. The Labute approximate surface area is 159 Å². The maximum Gasteiger partial charge on any atom is 0.257 e. The highest BCUT2D eigenvalue weighted by Crippen LogP contribution is 2.48. The van der Waals surface area contributed by atoms with Crippen molar-refractivity contribution in [2.24, 2.45) is 5.92 Å². The molecule has 2 atom stereocenters. The smallest absolute Gasteiger partial charge is 0.257 e. The summed E-state index contributed by atoms with van der Waals surface area (Å²) in [5, 5.41) is 0. The van der Waals surface area contributed by atoms with Crippen LogP contribution in [0.3, 0.4) is 0 Å². The zero-order chi connectivity index (χ0) is 18.8. The number of para-hydroxylation sites is 1. The third-order valence-corrected chi connectivity index (χ3v) is 5.55. The van der Waals surface area contributed by atoms with E-state index in [1.54, 1.807) is 19.2 Å². The van der Waals surface area contributed by atoms with Crippen LogP contribution in [0, 0.1) is 5.92 Å². The molecule has 1 saturated carbocycles. The predicted octanol–water partition coefficient (Wildman–Crippen LogP) is 2.78. The van der Waals surface area contributed by atoms with Crippen LogP contribution in [0.2, 0.25) is 0 Å². The van der Waals surface area contributed by atoms with Gasteiger partial charge in [0.05, 0.1) is 12.7 Å². The number of hydrogen-bond donors (Lipinski definition) is 0. The van der Waals surface area contributed by atoms with Crippen molar-refractivity contribution in [1.82, 2.24) is 9.80 Å². The summed E-state index contributed by atoms with van der Waals surface area (Å²) in [5.74, 6) is 1.24. The molecule has 4 rings (SSSR count). The maximum atomic E-state index is 12.8. The molecule has 0 radical (unpaired) electrons. The van der Waals surface area contributed by atoms with E-state index in [1.807, 2.05) is 40.1 Å². The lowest BCUT2D eigenvalue weighted by Crippen LogP contribution is -2.51. The molecule has 1 saturated heterocycles. The number of amides is 2. The summed E-state index contributed by atoms with van der Waals surface area (Å²) in [7, 11) is 1.57. The highest BCUT2D eigenvalue weighted by atomic mass is 16.5. The van der Waals surface area contributed by atoms with Crippen LogP contribution < -0.4 is 4.74 Å². The normalized spacial score (nSPS) is 21.7. The highest BCUT2D eigenvalue weighted by Gasteiger charge is 2.46. The van der Waals surface area contributed by atoms with Crippen LogP contribution in [-0.4, -0.2) is 54.9 Å². The molecule has 2 aromatic rings. The van der Waals surface area contributed by atoms with Crippen molar-refractivity contribution in [2.75, 3.05) is 33.3 Å². The van der Waals surface area contributed by atoms with Gasteiger partial charge >= 0.3 is 0 Å². The first-order valence-electron chi connectivity index (χ1n) is 9.45. The zero-order valence-electron chi connectivity index (χ0n) is 15.5. The monoisotopic (exact) mass is 364 g/mol. The van der Waals surface area contributed by atoms with Gasteiger partial charge in [0.15, 0.2) is 0 Å². The molecule has 2 aromatic carbocycles. The third kappa shape index (κ3) is 3.54. The number of hydrogen-bond acceptors (Lipinski definition) is 3. The molecule has 0 spiro atoms. The number of piperazine rings is 1. The highest BCUT2D eigenvalue weighted by molar-refractivity contribution is 5.97. The molecule has 2 aliphatic rings. The predicted molar refractivity (Wildman–Crippen MR) is 103 cm³/mol. The van der Waals surface area contributed by atoms with Gasteiger partial charge < -0.3 is 14.5 Å². The fourth-order valence-electron chi connectivity index (χ4n) is 3.89. The Morgan fingerprint density at radius 3 is 2.22 bits per heavy atom. The minimum absolute atomic E-state index is 0.0341. The van der Waals surface area contributed by atoms with Crippen molar-refractivity contribution >= 4 is 11.8 Å². The van der Waals surface area contributed by atoms with Gasteiger partial charge in [-0.25, -0.2) is 0 Å². The van der Waals surface area contributed by atoms with E-state index >= 15 is 0 Å². The van der Waals surface area contributed by atoms with E-state index in [-0.39, 0.29) is 17.7 Å². The molecule has 2 fully saturated rings. The number of rotatable bonds is 4. The second kappa shape index (κ2) is 7.43. The average molecular weight is 364 g/mol. The summed E-state index contributed by atoms with van der Waals surface area (Å²) in [6.45, 7) is 2.31. The van der Waals surface area contributed by atoms with Crippen molar-refractivity contribution < 1.29 is 14.3 Å². The van der Waals surface area contributed by atoms with Gasteiger partial charge in [0.2, 0.25) is 5.91 Å². The van der Waals surface area contributed by atoms with E-state index in [0.717, 1.165) is 6.42 Å². The second-order valence-electron chi connectivity index (χ2n) is 7.18. The van der Waals surface area contributed by atoms with Gasteiger partial charge in [-0.3, -0.25) is 9.59 Å². The first kappa shape index (κ1) is 17.6. The summed E-state index contributed by atoms with van der Waals surface area (Å²) in [5.41, 5.74) is 1.83. The minimum atomic E-state index is -0.0341. The fraction of sp³-hybridized carbons (Fsp3) is 0.364. The van der Waals surface area contributed by atoms with Gasteiger partial charge in [-0.2, -0.15) is 0 Å². The molecule has 1 aliphatic carbocycles. The fourth-order valence-corrected chi connectivity index (χ4v) is 3.89. The van der Waals surface area contributed by atoms with Crippen LogP contribution in [-0.2, 0) is 4.79 Å². The van der Waals surface area contributed by atoms with Crippen molar-refractivity contribution in [1.29, 1.82) is 0 Å². The molecule has 0 N–H and O–H groups in total. The summed E-state index contributed by atoms with van der Waals surface area (Å²) in [6, 6.07) is 17.5. The number of nitrogens with zero attached hydrogens (tertiary/aromatic N) is 2. The Morgan fingerprint density at radius 1 is 0.889 bits per heavy atom. The Hall–Kier alpha value is -2.82. The third-order valence-electron chi connectivity index (χ3n) is 5.55. The summed E-state index contributed by atoms with van der Waals surface area (Å²) in [4.78, 5) is 29.3. The quantitative estimate of drug-likeness (QED) is 0.838. The largest absolute Gasteiger partial charge is 0.496 e. The van der Waals surface area contributed by atoms with Gasteiger partial charge in [-0.1, -0.05) is 42.5 Å². The van der Waals surface area contributed by atoms with Gasteiger partial charge in [0.1, 0.15) is 5.75 Å². The molecule has 1 heterocycles. The van der Waals surface area contributed by atoms with Gasteiger partial charge in [0, 0.05) is 32.1 Å². The molecule has 5 heteroatoms. The van der Waals surface area contributed by atoms with Crippen LogP contribution in [0.25, 0.3) is 0 Å². The van der Waals surface area contributed by atoms with Crippen LogP contribution in [0.4, 0.5) is 0 Å². The second-order valence-corrected chi connectivity index (χ2v) is 7.18. The van der Waals surface area contributed by atoms with E-state index in [2.05, 4.69) is 12.1 Å². The molecule has 0 aromatic heterocycles. The van der Waals surface area contributed by atoms with Gasteiger partial charge in [-0.15, -0.1) is 0 Å². The number of carbonyl (C=O) groups excluding carboxylic acids is 2. The average Bonchev–Trinajstić information content (AvgIpc) is 3.54. The summed E-state index contributed by atoms with van der Waals surface area (Å²) in [6.07, 6.45) is 0.934. The number of benzene rings is 2. The Balaban J connectivity index is 1.34. The topological polar surface area (TPSA) is 49.9 Å².